The third-order valence-corrected chi connectivity index (χ3v) is 7.06. The molecule has 0 saturated carbocycles. The van der Waals surface area contributed by atoms with Crippen molar-refractivity contribution in [2.75, 3.05) is 12.4 Å². The molecular formula is C30H31ClN6O6. The normalized spacial score (nSPS) is 12.1. The van der Waals surface area contributed by atoms with Crippen LogP contribution in [0.2, 0.25) is 5.02 Å². The summed E-state index contributed by atoms with van der Waals surface area (Å²) in [5, 5.41) is 13.7. The van der Waals surface area contributed by atoms with Crippen molar-refractivity contribution >= 4 is 35.1 Å². The quantitative estimate of drug-likeness (QED) is 0.248. The third-order valence-electron chi connectivity index (χ3n) is 6.80. The van der Waals surface area contributed by atoms with Gasteiger partial charge in [0.05, 0.1) is 24.8 Å². The molecule has 0 aliphatic carbocycles. The molecule has 43 heavy (non-hydrogen) atoms. The highest BCUT2D eigenvalue weighted by Crippen LogP contribution is 2.31. The number of hydrogen-bond donors (Lipinski definition) is 2. The molecule has 0 bridgehead atoms. The number of carbonyl (C=O) groups excluding carboxylic acids is 3. The van der Waals surface area contributed by atoms with Crippen molar-refractivity contribution in [3.8, 4) is 11.4 Å². The molecule has 4 aromatic rings. The van der Waals surface area contributed by atoms with Gasteiger partial charge in [-0.2, -0.15) is 0 Å². The zero-order chi connectivity index (χ0) is 31.3. The molecule has 2 N–H and O–H groups in total. The van der Waals surface area contributed by atoms with E-state index >= 15 is 0 Å². The zero-order valence-electron chi connectivity index (χ0n) is 24.3. The fourth-order valence-electron chi connectivity index (χ4n) is 4.30. The lowest BCUT2D eigenvalue weighted by Gasteiger charge is -2.21. The second-order valence-corrected chi connectivity index (χ2v) is 11.0. The Morgan fingerprint density at radius 1 is 1.05 bits per heavy atom. The van der Waals surface area contributed by atoms with Crippen molar-refractivity contribution in [3.05, 3.63) is 93.5 Å². The summed E-state index contributed by atoms with van der Waals surface area (Å²) in [7, 11) is 1.15. The summed E-state index contributed by atoms with van der Waals surface area (Å²) in [6.07, 6.45) is 0.320. The van der Waals surface area contributed by atoms with E-state index in [1.165, 1.54) is 6.20 Å². The third kappa shape index (κ3) is 6.97. The first-order valence-corrected chi connectivity index (χ1v) is 13.7. The Hall–Kier alpha value is -4.84. The molecule has 2 heterocycles. The maximum atomic E-state index is 13.5. The van der Waals surface area contributed by atoms with Gasteiger partial charge in [0.25, 0.3) is 11.4 Å². The number of benzene rings is 2. The molecule has 0 aliphatic rings. The van der Waals surface area contributed by atoms with E-state index in [0.717, 1.165) is 17.2 Å². The second-order valence-electron chi connectivity index (χ2n) is 10.6. The van der Waals surface area contributed by atoms with Crippen LogP contribution in [-0.2, 0) is 21.5 Å². The summed E-state index contributed by atoms with van der Waals surface area (Å²) in [4.78, 5) is 56.2. The molecule has 224 valence electrons. The predicted molar refractivity (Wildman–Crippen MR) is 159 cm³/mol. The minimum atomic E-state index is -1.04. The van der Waals surface area contributed by atoms with Gasteiger partial charge in [-0.15, -0.1) is 10.2 Å². The van der Waals surface area contributed by atoms with E-state index in [0.29, 0.717) is 10.6 Å². The van der Waals surface area contributed by atoms with Crippen LogP contribution < -0.4 is 16.2 Å². The van der Waals surface area contributed by atoms with Crippen LogP contribution in [0.4, 0.5) is 10.5 Å². The van der Waals surface area contributed by atoms with Crippen LogP contribution in [0.5, 0.6) is 0 Å². The van der Waals surface area contributed by atoms with Crippen molar-refractivity contribution in [3.63, 3.8) is 0 Å². The van der Waals surface area contributed by atoms with Gasteiger partial charge >= 0.3 is 6.09 Å². The van der Waals surface area contributed by atoms with E-state index in [-0.39, 0.29) is 29.2 Å². The van der Waals surface area contributed by atoms with E-state index in [1.807, 2.05) is 26.0 Å². The van der Waals surface area contributed by atoms with E-state index in [4.69, 9.17) is 16.0 Å². The van der Waals surface area contributed by atoms with Crippen LogP contribution in [0.25, 0.3) is 11.4 Å². The van der Waals surface area contributed by atoms with Crippen molar-refractivity contribution in [2.45, 2.75) is 45.7 Å². The molecule has 4 rings (SSSR count). The van der Waals surface area contributed by atoms with Crippen molar-refractivity contribution in [1.82, 2.24) is 25.1 Å². The maximum absolute atomic E-state index is 13.5. The number of rotatable bonds is 10. The lowest BCUT2D eigenvalue weighted by molar-refractivity contribution is -0.122. The number of nitrogens with one attached hydrogen (secondary N) is 2. The number of ketones is 1. The SMILES string of the molecule is COC(=O)Nc1cnc(-c2ccccc2)n(CC(=O)N[C@@H](C(=O)c2nnc(C(C)(C)c3ccc(Cl)cc3)o2)C(C)C)c1=O. The van der Waals surface area contributed by atoms with Gasteiger partial charge in [0.15, 0.2) is 0 Å². The molecule has 0 aliphatic heterocycles. The summed E-state index contributed by atoms with van der Waals surface area (Å²) < 4.78 is 11.5. The molecule has 2 amide bonds. The molecule has 12 nitrogen and oxygen atoms in total. The highest BCUT2D eigenvalue weighted by Gasteiger charge is 2.34. The number of hydrogen-bond acceptors (Lipinski definition) is 9. The first-order valence-electron chi connectivity index (χ1n) is 13.4. The number of amides is 2. The number of ether oxygens (including phenoxy) is 1. The van der Waals surface area contributed by atoms with E-state index < -0.39 is 41.3 Å². The largest absolute Gasteiger partial charge is 0.453 e. The number of Topliss-reactive ketones (excluding diaryl/α,β-unsaturated/α-hetero) is 1. The summed E-state index contributed by atoms with van der Waals surface area (Å²) in [5.41, 5.74) is -0.177. The van der Waals surface area contributed by atoms with Crippen molar-refractivity contribution < 1.29 is 23.5 Å². The Balaban J connectivity index is 1.59. The molecule has 13 heteroatoms. The lowest BCUT2D eigenvalue weighted by Crippen LogP contribution is -2.46. The molecule has 0 unspecified atom stereocenters. The summed E-state index contributed by atoms with van der Waals surface area (Å²) in [6, 6.07) is 14.9. The standard InChI is InChI=1S/C30H31ClN6O6/c1-17(2)23(24(39)26-35-36-28(43-26)30(3,4)19-11-13-20(31)14-12-19)34-22(38)16-37-25(18-9-7-6-8-10-18)32-15-21(27(37)40)33-29(41)42-5/h6-15,17,23H,16H2,1-5H3,(H,33,41)(H,34,38)/t23-/m1/s1. The summed E-state index contributed by atoms with van der Waals surface area (Å²) in [5.74, 6) is -1.45. The molecule has 2 aromatic heterocycles. The molecule has 0 spiro atoms. The van der Waals surface area contributed by atoms with Gasteiger partial charge in [0.2, 0.25) is 17.6 Å². The highest BCUT2D eigenvalue weighted by molar-refractivity contribution is 6.30. The lowest BCUT2D eigenvalue weighted by atomic mass is 9.84. The van der Waals surface area contributed by atoms with Crippen LogP contribution >= 0.6 is 11.6 Å². The number of methoxy groups -OCH3 is 1. The van der Waals surface area contributed by atoms with Gasteiger partial charge in [-0.1, -0.05) is 67.9 Å². The zero-order valence-corrected chi connectivity index (χ0v) is 25.0. The molecule has 0 fully saturated rings. The van der Waals surface area contributed by atoms with Crippen LogP contribution in [0, 0.1) is 5.92 Å². The molecule has 1 atom stereocenters. The molecule has 0 radical (unpaired) electrons. The minimum Gasteiger partial charge on any atom is -0.453 e. The van der Waals surface area contributed by atoms with E-state index in [9.17, 15) is 19.2 Å². The Labute approximate surface area is 252 Å². The Bertz CT molecular complexity index is 1680. The van der Waals surface area contributed by atoms with Crippen LogP contribution in [0.3, 0.4) is 0 Å². The number of anilines is 1. The van der Waals surface area contributed by atoms with Crippen LogP contribution in [0.15, 0.2) is 70.0 Å². The average Bonchev–Trinajstić information content (AvgIpc) is 3.50. The fraction of sp³-hybridized carbons (Fsp3) is 0.300. The van der Waals surface area contributed by atoms with Gasteiger partial charge < -0.3 is 14.5 Å². The van der Waals surface area contributed by atoms with Gasteiger partial charge in [0.1, 0.15) is 18.1 Å². The van der Waals surface area contributed by atoms with Crippen LogP contribution in [-0.4, -0.2) is 50.7 Å². The minimum absolute atomic E-state index is 0.183. The highest BCUT2D eigenvalue weighted by atomic mass is 35.5. The maximum Gasteiger partial charge on any atom is 0.411 e. The number of nitrogens with zero attached hydrogens (tertiary/aromatic N) is 4. The number of halogens is 1. The first kappa shape index (κ1) is 31.1. The Morgan fingerprint density at radius 2 is 1.72 bits per heavy atom. The van der Waals surface area contributed by atoms with Gasteiger partial charge in [-0.25, -0.2) is 9.78 Å². The monoisotopic (exact) mass is 606 g/mol. The molecular weight excluding hydrogens is 576 g/mol. The predicted octanol–water partition coefficient (Wildman–Crippen LogP) is 4.47. The smallest absolute Gasteiger partial charge is 0.411 e. The number of aromatic nitrogens is 4. The number of carbonyl (C=O) groups is 3. The molecule has 0 saturated heterocycles. The topological polar surface area (TPSA) is 158 Å². The van der Waals surface area contributed by atoms with E-state index in [1.54, 1.807) is 56.3 Å². The van der Waals surface area contributed by atoms with Gasteiger partial charge in [-0.3, -0.25) is 24.3 Å². The van der Waals surface area contributed by atoms with Gasteiger partial charge in [-0.05, 0) is 37.5 Å². The van der Waals surface area contributed by atoms with E-state index in [2.05, 4.69) is 30.6 Å². The Kier molecular flexibility index (Phi) is 9.40. The van der Waals surface area contributed by atoms with Crippen molar-refractivity contribution in [2.24, 2.45) is 5.92 Å². The average molecular weight is 607 g/mol. The second kappa shape index (κ2) is 13.0. The molecule has 2 aromatic carbocycles. The van der Waals surface area contributed by atoms with Crippen LogP contribution in [0.1, 0.15) is 49.8 Å². The summed E-state index contributed by atoms with van der Waals surface area (Å²) >= 11 is 6.02. The first-order chi connectivity index (χ1) is 20.4. The fourth-order valence-corrected chi connectivity index (χ4v) is 4.43. The van der Waals surface area contributed by atoms with Crippen molar-refractivity contribution in [1.29, 1.82) is 0 Å². The summed E-state index contributed by atoms with van der Waals surface area (Å²) in [6.45, 7) is 6.75. The van der Waals surface area contributed by atoms with Gasteiger partial charge in [0, 0.05) is 10.6 Å². The Morgan fingerprint density at radius 3 is 2.35 bits per heavy atom.